The van der Waals surface area contributed by atoms with Crippen molar-refractivity contribution >= 4 is 44.3 Å². The first-order valence-electron chi connectivity index (χ1n) is 9.70. The Kier molecular flexibility index (Phi) is 4.58. The van der Waals surface area contributed by atoms with Crippen molar-refractivity contribution in [3.63, 3.8) is 0 Å². The summed E-state index contributed by atoms with van der Waals surface area (Å²) in [5, 5.41) is 15.3. The van der Waals surface area contributed by atoms with Crippen molar-refractivity contribution in [3.05, 3.63) is 57.9 Å². The van der Waals surface area contributed by atoms with E-state index in [0.717, 1.165) is 45.3 Å². The highest BCUT2D eigenvalue weighted by Crippen LogP contribution is 2.38. The molecule has 0 atom stereocenters. The highest BCUT2D eigenvalue weighted by molar-refractivity contribution is 9.10. The van der Waals surface area contributed by atoms with E-state index >= 15 is 0 Å². The third kappa shape index (κ3) is 3.29. The SMILES string of the molecule is COC(=O)c1cc(F)c2c(C(=O)O)c(-c3cc4ccc(Br)cc4n3CC3CC3)nn2c1. The largest absolute Gasteiger partial charge is 0.478 e. The van der Waals surface area contributed by atoms with Crippen LogP contribution in [-0.4, -0.2) is 38.3 Å². The monoisotopic (exact) mass is 485 g/mol. The molecule has 0 bridgehead atoms. The van der Waals surface area contributed by atoms with Crippen molar-refractivity contribution in [3.8, 4) is 11.4 Å². The fraction of sp³-hybridized carbons (Fsp3) is 0.227. The second-order valence-corrected chi connectivity index (χ2v) is 8.59. The number of halogens is 2. The molecule has 0 saturated heterocycles. The second-order valence-electron chi connectivity index (χ2n) is 7.68. The number of carboxylic acids is 1. The summed E-state index contributed by atoms with van der Waals surface area (Å²) in [7, 11) is 1.19. The van der Waals surface area contributed by atoms with Crippen LogP contribution in [0.3, 0.4) is 0 Å². The van der Waals surface area contributed by atoms with Gasteiger partial charge >= 0.3 is 11.9 Å². The van der Waals surface area contributed by atoms with Crippen molar-refractivity contribution in [1.82, 2.24) is 14.2 Å². The number of aromatic carboxylic acids is 1. The number of carbonyl (C=O) groups excluding carboxylic acids is 1. The van der Waals surface area contributed by atoms with Gasteiger partial charge in [0.1, 0.15) is 16.8 Å². The van der Waals surface area contributed by atoms with E-state index in [4.69, 9.17) is 0 Å². The summed E-state index contributed by atoms with van der Waals surface area (Å²) < 4.78 is 23.6. The first kappa shape index (κ1) is 19.7. The Morgan fingerprint density at radius 2 is 2.06 bits per heavy atom. The molecule has 0 radical (unpaired) electrons. The maximum atomic E-state index is 14.9. The van der Waals surface area contributed by atoms with Crippen LogP contribution >= 0.6 is 15.9 Å². The molecule has 0 amide bonds. The number of benzene rings is 1. The second kappa shape index (κ2) is 7.19. The van der Waals surface area contributed by atoms with Crippen LogP contribution in [-0.2, 0) is 11.3 Å². The van der Waals surface area contributed by atoms with Crippen LogP contribution in [0.15, 0.2) is 41.0 Å². The van der Waals surface area contributed by atoms with Crippen molar-refractivity contribution in [2.45, 2.75) is 19.4 Å². The van der Waals surface area contributed by atoms with Crippen molar-refractivity contribution < 1.29 is 23.8 Å². The number of ether oxygens (including phenoxy) is 1. The lowest BCUT2D eigenvalue weighted by Gasteiger charge is -2.09. The lowest BCUT2D eigenvalue weighted by Crippen LogP contribution is -2.06. The fourth-order valence-corrected chi connectivity index (χ4v) is 4.27. The summed E-state index contributed by atoms with van der Waals surface area (Å²) in [6.45, 7) is 0.720. The summed E-state index contributed by atoms with van der Waals surface area (Å²) >= 11 is 3.50. The number of carboxylic acid groups (broad SMARTS) is 1. The van der Waals surface area contributed by atoms with Crippen LogP contribution in [0.4, 0.5) is 4.39 Å². The Morgan fingerprint density at radius 1 is 1.29 bits per heavy atom. The van der Waals surface area contributed by atoms with Gasteiger partial charge in [-0.2, -0.15) is 5.10 Å². The van der Waals surface area contributed by atoms with Crippen molar-refractivity contribution in [1.29, 1.82) is 0 Å². The highest BCUT2D eigenvalue weighted by Gasteiger charge is 2.29. The van der Waals surface area contributed by atoms with Gasteiger partial charge in [-0.1, -0.05) is 22.0 Å². The molecule has 0 unspecified atom stereocenters. The third-order valence-corrected chi connectivity index (χ3v) is 6.06. The van der Waals surface area contributed by atoms with Gasteiger partial charge in [-0.3, -0.25) is 0 Å². The zero-order valence-corrected chi connectivity index (χ0v) is 18.0. The minimum absolute atomic E-state index is 0.0547. The van der Waals surface area contributed by atoms with Crippen LogP contribution in [0.1, 0.15) is 33.6 Å². The summed E-state index contributed by atoms with van der Waals surface area (Å²) in [6, 6.07) is 8.68. The van der Waals surface area contributed by atoms with E-state index < -0.39 is 17.8 Å². The molecule has 1 aliphatic rings. The molecule has 1 fully saturated rings. The summed E-state index contributed by atoms with van der Waals surface area (Å²) in [5.74, 6) is -2.37. The third-order valence-electron chi connectivity index (χ3n) is 5.56. The van der Waals surface area contributed by atoms with E-state index in [0.29, 0.717) is 11.6 Å². The van der Waals surface area contributed by atoms with Crippen LogP contribution in [0, 0.1) is 11.7 Å². The van der Waals surface area contributed by atoms with Gasteiger partial charge in [-0.15, -0.1) is 0 Å². The smallest absolute Gasteiger partial charge is 0.340 e. The molecule has 7 nitrogen and oxygen atoms in total. The van der Waals surface area contributed by atoms with Gasteiger partial charge in [0.2, 0.25) is 0 Å². The summed E-state index contributed by atoms with van der Waals surface area (Å²) in [4.78, 5) is 24.1. The van der Waals surface area contributed by atoms with E-state index in [1.54, 1.807) is 0 Å². The highest BCUT2D eigenvalue weighted by atomic mass is 79.9. The maximum absolute atomic E-state index is 14.9. The molecule has 1 N–H and O–H groups in total. The van der Waals surface area contributed by atoms with Crippen LogP contribution in [0.25, 0.3) is 27.8 Å². The predicted octanol–water partition coefficient (Wildman–Crippen LogP) is 4.75. The average Bonchev–Trinajstić information content (AvgIpc) is 3.36. The molecule has 5 rings (SSSR count). The molecule has 9 heteroatoms. The van der Waals surface area contributed by atoms with Crippen molar-refractivity contribution in [2.75, 3.05) is 7.11 Å². The fourth-order valence-electron chi connectivity index (χ4n) is 3.92. The lowest BCUT2D eigenvalue weighted by molar-refractivity contribution is 0.0598. The van der Waals surface area contributed by atoms with E-state index in [9.17, 15) is 19.1 Å². The molecule has 4 aromatic rings. The first-order chi connectivity index (χ1) is 14.9. The Labute approximate surface area is 184 Å². The molecule has 158 valence electrons. The topological polar surface area (TPSA) is 85.8 Å². The number of nitrogens with zero attached hydrogens (tertiary/aromatic N) is 3. The number of carbonyl (C=O) groups is 2. The lowest BCUT2D eigenvalue weighted by atomic mass is 10.1. The molecule has 1 aromatic carbocycles. The summed E-state index contributed by atoms with van der Waals surface area (Å²) in [5.41, 5.74) is 1.20. The molecule has 3 heterocycles. The predicted molar refractivity (Wildman–Crippen MR) is 115 cm³/mol. The standard InChI is InChI=1S/C22H17BrFN3O4/c1-31-22(30)13-6-15(24)20-18(21(28)29)19(25-27(20)10-13)17-7-12-4-5-14(23)8-16(12)26(17)9-11-2-3-11/h4-8,10-11H,2-3,9H2,1H3,(H,28,29). The molecule has 31 heavy (non-hydrogen) atoms. The zero-order valence-electron chi connectivity index (χ0n) is 16.4. The molecule has 1 aliphatic carbocycles. The number of methoxy groups -OCH3 is 1. The molecular formula is C22H17BrFN3O4. The van der Waals surface area contributed by atoms with Gasteiger partial charge < -0.3 is 14.4 Å². The number of fused-ring (bicyclic) bond motifs is 2. The van der Waals surface area contributed by atoms with Crippen LogP contribution in [0.2, 0.25) is 0 Å². The number of esters is 1. The Balaban J connectivity index is 1.81. The Morgan fingerprint density at radius 3 is 2.74 bits per heavy atom. The molecule has 0 aliphatic heterocycles. The average molecular weight is 486 g/mol. The van der Waals surface area contributed by atoms with Gasteiger partial charge in [0.05, 0.1) is 18.4 Å². The maximum Gasteiger partial charge on any atom is 0.340 e. The minimum atomic E-state index is -1.29. The molecule has 3 aromatic heterocycles. The number of pyridine rings is 1. The van der Waals surface area contributed by atoms with Crippen LogP contribution < -0.4 is 0 Å². The Bertz CT molecular complexity index is 1390. The zero-order chi connectivity index (χ0) is 21.9. The van der Waals surface area contributed by atoms with Gasteiger partial charge in [0, 0.05) is 28.1 Å². The van der Waals surface area contributed by atoms with E-state index in [1.165, 1.54) is 13.3 Å². The van der Waals surface area contributed by atoms with Crippen molar-refractivity contribution in [2.24, 2.45) is 5.92 Å². The molecule has 0 spiro atoms. The van der Waals surface area contributed by atoms with Gasteiger partial charge in [0.15, 0.2) is 5.82 Å². The number of aromatic nitrogens is 3. The number of hydrogen-bond acceptors (Lipinski definition) is 4. The number of rotatable bonds is 5. The Hall–Kier alpha value is -3.20. The quantitative estimate of drug-likeness (QED) is 0.412. The molecule has 1 saturated carbocycles. The minimum Gasteiger partial charge on any atom is -0.478 e. The number of hydrogen-bond donors (Lipinski definition) is 1. The van der Waals surface area contributed by atoms with Crippen LogP contribution in [0.5, 0.6) is 0 Å². The van der Waals surface area contributed by atoms with Gasteiger partial charge in [-0.05, 0) is 43.0 Å². The van der Waals surface area contributed by atoms with E-state index in [1.807, 2.05) is 28.8 Å². The van der Waals surface area contributed by atoms with Gasteiger partial charge in [-0.25, -0.2) is 18.5 Å². The normalized spacial score (nSPS) is 13.8. The first-order valence-corrected chi connectivity index (χ1v) is 10.5. The summed E-state index contributed by atoms with van der Waals surface area (Å²) in [6.07, 6.45) is 3.51. The van der Waals surface area contributed by atoms with E-state index in [2.05, 4.69) is 25.8 Å². The van der Waals surface area contributed by atoms with Gasteiger partial charge in [0.25, 0.3) is 0 Å². The van der Waals surface area contributed by atoms with E-state index in [-0.39, 0.29) is 22.3 Å². The molecular weight excluding hydrogens is 469 g/mol.